The summed E-state index contributed by atoms with van der Waals surface area (Å²) in [6.07, 6.45) is 76.8. The highest BCUT2D eigenvalue weighted by atomic mass is 16.6. The number of esters is 3. The van der Waals surface area contributed by atoms with Gasteiger partial charge in [0.05, 0.1) is 0 Å². The van der Waals surface area contributed by atoms with E-state index in [-0.39, 0.29) is 31.1 Å². The molecule has 0 N–H and O–H groups in total. The highest BCUT2D eigenvalue weighted by molar-refractivity contribution is 5.71. The van der Waals surface area contributed by atoms with Crippen molar-refractivity contribution < 1.29 is 28.6 Å². The maximum absolute atomic E-state index is 12.8. The van der Waals surface area contributed by atoms with E-state index in [2.05, 4.69) is 118 Å². The largest absolute Gasteiger partial charge is 0.462 e. The van der Waals surface area contributed by atoms with Gasteiger partial charge in [-0.1, -0.05) is 246 Å². The minimum atomic E-state index is -0.788. The Morgan fingerprint density at radius 3 is 0.900 bits per heavy atom. The van der Waals surface area contributed by atoms with Crippen molar-refractivity contribution in [2.45, 2.75) is 277 Å². The minimum absolute atomic E-state index is 0.0853. The fourth-order valence-corrected chi connectivity index (χ4v) is 7.95. The Kier molecular flexibility index (Phi) is 54.9. The molecular weight excluding hydrogens is 865 g/mol. The van der Waals surface area contributed by atoms with Crippen LogP contribution in [0.15, 0.2) is 97.2 Å². The van der Waals surface area contributed by atoms with E-state index in [4.69, 9.17) is 14.2 Å². The lowest BCUT2D eigenvalue weighted by Gasteiger charge is -2.18. The lowest BCUT2D eigenvalue weighted by molar-refractivity contribution is -0.167. The van der Waals surface area contributed by atoms with Crippen LogP contribution in [0.1, 0.15) is 271 Å². The van der Waals surface area contributed by atoms with Gasteiger partial charge < -0.3 is 14.2 Å². The summed E-state index contributed by atoms with van der Waals surface area (Å²) in [7, 11) is 0. The molecular formula is C64H108O6. The second-order valence-corrected chi connectivity index (χ2v) is 19.2. The zero-order chi connectivity index (χ0) is 50.7. The van der Waals surface area contributed by atoms with Gasteiger partial charge in [-0.3, -0.25) is 14.4 Å². The van der Waals surface area contributed by atoms with Crippen LogP contribution in [-0.4, -0.2) is 37.2 Å². The Morgan fingerprint density at radius 2 is 0.557 bits per heavy atom. The summed E-state index contributed by atoms with van der Waals surface area (Å²) in [6.45, 7) is 6.49. The van der Waals surface area contributed by atoms with Crippen LogP contribution < -0.4 is 0 Å². The summed E-state index contributed by atoms with van der Waals surface area (Å²) in [5, 5.41) is 0. The van der Waals surface area contributed by atoms with Gasteiger partial charge in [-0.2, -0.15) is 0 Å². The number of hydrogen-bond acceptors (Lipinski definition) is 6. The number of allylic oxidation sites excluding steroid dienone is 16. The van der Waals surface area contributed by atoms with Crippen LogP contribution in [0, 0.1) is 0 Å². The van der Waals surface area contributed by atoms with Gasteiger partial charge in [-0.05, 0) is 103 Å². The third-order valence-corrected chi connectivity index (χ3v) is 12.3. The molecule has 0 saturated heterocycles. The second-order valence-electron chi connectivity index (χ2n) is 19.2. The predicted octanol–water partition coefficient (Wildman–Crippen LogP) is 19.7. The van der Waals surface area contributed by atoms with E-state index in [1.165, 1.54) is 96.3 Å². The third kappa shape index (κ3) is 55.3. The lowest BCUT2D eigenvalue weighted by Crippen LogP contribution is -2.30. The summed E-state index contributed by atoms with van der Waals surface area (Å²) >= 11 is 0. The van der Waals surface area contributed by atoms with Crippen molar-refractivity contribution in [3.8, 4) is 0 Å². The SMILES string of the molecule is CC/C=C\C/C=C\C/C=C\C/C=C\C/C=C\C/C=C\C/C=C\CCCCCCCC(=O)OCC(COC(=O)CCCCCCCCCCCCCC)OC(=O)CCCCCCC/C=C\CCCCCC. The quantitative estimate of drug-likeness (QED) is 0.0262. The molecule has 0 aromatic rings. The molecule has 0 radical (unpaired) electrons. The van der Waals surface area contributed by atoms with Crippen molar-refractivity contribution >= 4 is 17.9 Å². The van der Waals surface area contributed by atoms with E-state index in [0.29, 0.717) is 19.3 Å². The van der Waals surface area contributed by atoms with E-state index in [9.17, 15) is 14.4 Å². The fourth-order valence-electron chi connectivity index (χ4n) is 7.95. The van der Waals surface area contributed by atoms with Crippen molar-refractivity contribution in [1.29, 1.82) is 0 Å². The Labute approximate surface area is 432 Å². The van der Waals surface area contributed by atoms with Crippen LogP contribution in [0.4, 0.5) is 0 Å². The number of rotatable bonds is 52. The van der Waals surface area contributed by atoms with Gasteiger partial charge >= 0.3 is 17.9 Å². The monoisotopic (exact) mass is 973 g/mol. The zero-order valence-corrected chi connectivity index (χ0v) is 45.8. The van der Waals surface area contributed by atoms with Gasteiger partial charge in [0.25, 0.3) is 0 Å². The van der Waals surface area contributed by atoms with E-state index in [1.54, 1.807) is 0 Å². The molecule has 1 atom stereocenters. The molecule has 6 heteroatoms. The molecule has 0 aromatic heterocycles. The highest BCUT2D eigenvalue weighted by Crippen LogP contribution is 2.15. The maximum Gasteiger partial charge on any atom is 0.306 e. The molecule has 0 rings (SSSR count). The molecule has 0 aromatic carbocycles. The molecule has 0 spiro atoms. The van der Waals surface area contributed by atoms with Crippen molar-refractivity contribution in [2.75, 3.05) is 13.2 Å². The number of hydrogen-bond donors (Lipinski definition) is 0. The van der Waals surface area contributed by atoms with Gasteiger partial charge in [0.15, 0.2) is 6.10 Å². The molecule has 0 saturated carbocycles. The topological polar surface area (TPSA) is 78.9 Å². The predicted molar refractivity (Wildman–Crippen MR) is 302 cm³/mol. The van der Waals surface area contributed by atoms with Crippen molar-refractivity contribution in [3.05, 3.63) is 97.2 Å². The highest BCUT2D eigenvalue weighted by Gasteiger charge is 2.19. The van der Waals surface area contributed by atoms with E-state index >= 15 is 0 Å². The van der Waals surface area contributed by atoms with E-state index in [0.717, 1.165) is 135 Å². The van der Waals surface area contributed by atoms with Crippen LogP contribution in [0.5, 0.6) is 0 Å². The molecule has 0 aliphatic carbocycles. The van der Waals surface area contributed by atoms with Crippen molar-refractivity contribution in [2.24, 2.45) is 0 Å². The molecule has 1 unspecified atom stereocenters. The molecule has 0 bridgehead atoms. The van der Waals surface area contributed by atoms with Crippen LogP contribution in [0.25, 0.3) is 0 Å². The second kappa shape index (κ2) is 57.9. The first-order chi connectivity index (χ1) is 34.5. The fraction of sp³-hybridized carbons (Fsp3) is 0.703. The molecule has 400 valence electrons. The van der Waals surface area contributed by atoms with Gasteiger partial charge in [-0.25, -0.2) is 0 Å². The molecule has 6 nitrogen and oxygen atoms in total. The van der Waals surface area contributed by atoms with Gasteiger partial charge in [0.1, 0.15) is 13.2 Å². The van der Waals surface area contributed by atoms with Gasteiger partial charge in [0.2, 0.25) is 0 Å². The summed E-state index contributed by atoms with van der Waals surface area (Å²) in [5.74, 6) is -0.911. The molecule has 0 amide bonds. The Bertz CT molecular complexity index is 1400. The van der Waals surface area contributed by atoms with E-state index < -0.39 is 6.10 Å². The summed E-state index contributed by atoms with van der Waals surface area (Å²) in [5.41, 5.74) is 0. The average Bonchev–Trinajstić information content (AvgIpc) is 3.36. The molecule has 0 heterocycles. The number of carbonyl (C=O) groups excluding carboxylic acids is 3. The molecule has 0 aliphatic rings. The molecule has 70 heavy (non-hydrogen) atoms. The summed E-state index contributed by atoms with van der Waals surface area (Å²) in [6, 6.07) is 0. The van der Waals surface area contributed by atoms with Crippen LogP contribution in [0.3, 0.4) is 0 Å². The normalized spacial score (nSPS) is 12.8. The standard InChI is InChI=1S/C64H108O6/c1-4-7-10-13-16-19-22-25-26-27-28-29-30-31-32-33-34-35-36-37-38-40-42-45-48-51-54-57-63(66)69-60-61(59-68-62(65)56-53-50-47-44-41-24-21-18-15-12-9-6-3)70-64(67)58-55-52-49-46-43-39-23-20-17-14-11-8-5-2/h7,10,16,19-20,23,25-26,28-29,31-32,34-35,37-38,61H,4-6,8-9,11-15,17-18,21-22,24,27,30,33,36,39-60H2,1-3H3/b10-7-,19-16-,23-20-,26-25-,29-28-,32-31-,35-34-,38-37-. The first kappa shape index (κ1) is 66.3. The molecule has 0 aliphatic heterocycles. The first-order valence-electron chi connectivity index (χ1n) is 29.2. The van der Waals surface area contributed by atoms with E-state index in [1.807, 2.05) is 0 Å². The van der Waals surface area contributed by atoms with Crippen LogP contribution in [-0.2, 0) is 28.6 Å². The number of ether oxygens (including phenoxy) is 3. The van der Waals surface area contributed by atoms with Crippen LogP contribution in [0.2, 0.25) is 0 Å². The van der Waals surface area contributed by atoms with Gasteiger partial charge in [-0.15, -0.1) is 0 Å². The summed E-state index contributed by atoms with van der Waals surface area (Å²) < 4.78 is 16.8. The zero-order valence-electron chi connectivity index (χ0n) is 45.8. The lowest BCUT2D eigenvalue weighted by atomic mass is 10.0. The maximum atomic E-state index is 12.8. The number of carbonyl (C=O) groups is 3. The Morgan fingerprint density at radius 1 is 0.300 bits per heavy atom. The Hall–Kier alpha value is -3.67. The summed E-state index contributed by atoms with van der Waals surface area (Å²) in [4.78, 5) is 38.1. The first-order valence-corrected chi connectivity index (χ1v) is 29.2. The smallest absolute Gasteiger partial charge is 0.306 e. The third-order valence-electron chi connectivity index (χ3n) is 12.3. The van der Waals surface area contributed by atoms with Crippen LogP contribution >= 0.6 is 0 Å². The van der Waals surface area contributed by atoms with Gasteiger partial charge in [0, 0.05) is 19.3 Å². The Balaban J connectivity index is 4.33. The number of unbranched alkanes of at least 4 members (excludes halogenated alkanes) is 25. The van der Waals surface area contributed by atoms with Crippen molar-refractivity contribution in [3.63, 3.8) is 0 Å². The van der Waals surface area contributed by atoms with Crippen molar-refractivity contribution in [1.82, 2.24) is 0 Å². The average molecular weight is 974 g/mol. The molecule has 0 fully saturated rings. The minimum Gasteiger partial charge on any atom is -0.462 e.